The maximum absolute atomic E-state index is 11.5. The predicted molar refractivity (Wildman–Crippen MR) is 52.2 cm³/mol. The van der Waals surface area contributed by atoms with Crippen LogP contribution in [-0.2, 0) is 11.3 Å². The molecule has 2 rings (SSSR count). The topological polar surface area (TPSA) is 90.5 Å². The van der Waals surface area contributed by atoms with Crippen LogP contribution in [0, 0.1) is 0 Å². The van der Waals surface area contributed by atoms with Crippen molar-refractivity contribution >= 4 is 6.16 Å². The first-order valence-electron chi connectivity index (χ1n) is 4.48. The second-order valence-corrected chi connectivity index (χ2v) is 3.14. The van der Waals surface area contributed by atoms with Gasteiger partial charge in [-0.25, -0.2) is 14.2 Å². The number of hydrogen-bond donors (Lipinski definition) is 1. The van der Waals surface area contributed by atoms with Crippen LogP contribution in [0.1, 0.15) is 6.23 Å². The Hall–Kier alpha value is -2.31. The van der Waals surface area contributed by atoms with Crippen LogP contribution in [0.25, 0.3) is 0 Å². The van der Waals surface area contributed by atoms with Gasteiger partial charge in [0, 0.05) is 12.1 Å². The van der Waals surface area contributed by atoms with Crippen LogP contribution in [0.2, 0.25) is 0 Å². The molecule has 7 nitrogen and oxygen atoms in total. The van der Waals surface area contributed by atoms with Crippen molar-refractivity contribution < 1.29 is 14.6 Å². The van der Waals surface area contributed by atoms with Crippen molar-refractivity contribution in [2.75, 3.05) is 0 Å². The molecule has 1 aliphatic rings. The van der Waals surface area contributed by atoms with E-state index in [-0.39, 0.29) is 12.1 Å². The van der Waals surface area contributed by atoms with E-state index in [9.17, 15) is 14.4 Å². The molecule has 0 saturated heterocycles. The minimum absolute atomic E-state index is 0.217. The van der Waals surface area contributed by atoms with Crippen molar-refractivity contribution in [2.24, 2.45) is 0 Å². The number of carbonyl (C=O) groups is 1. The lowest BCUT2D eigenvalue weighted by atomic mass is 10.4. The molecule has 16 heavy (non-hydrogen) atoms. The number of rotatable bonds is 1. The van der Waals surface area contributed by atoms with Gasteiger partial charge >= 0.3 is 6.16 Å². The second kappa shape index (κ2) is 3.69. The molecular formula is C9H8N2O5. The maximum Gasteiger partial charge on any atom is 0.508 e. The van der Waals surface area contributed by atoms with E-state index in [0.29, 0.717) is 0 Å². The van der Waals surface area contributed by atoms with Gasteiger partial charge in [-0.3, -0.25) is 9.59 Å². The fourth-order valence-corrected chi connectivity index (χ4v) is 1.52. The highest BCUT2D eigenvalue weighted by atomic mass is 16.7. The summed E-state index contributed by atoms with van der Waals surface area (Å²) < 4.78 is 6.58. The Bertz CT molecular complexity index is 568. The Labute approximate surface area is 88.8 Å². The van der Waals surface area contributed by atoms with E-state index >= 15 is 0 Å². The van der Waals surface area contributed by atoms with Gasteiger partial charge in [0.05, 0.1) is 6.54 Å². The summed E-state index contributed by atoms with van der Waals surface area (Å²) in [5.41, 5.74) is -0.877. The average molecular weight is 224 g/mol. The van der Waals surface area contributed by atoms with Gasteiger partial charge in [0.1, 0.15) is 0 Å². The lowest BCUT2D eigenvalue weighted by Crippen LogP contribution is -2.42. The van der Waals surface area contributed by atoms with Crippen molar-refractivity contribution in [3.8, 4) is 0 Å². The Morgan fingerprint density at radius 2 is 2.06 bits per heavy atom. The van der Waals surface area contributed by atoms with Crippen LogP contribution in [0.5, 0.6) is 0 Å². The van der Waals surface area contributed by atoms with E-state index in [4.69, 9.17) is 5.11 Å². The fourth-order valence-electron chi connectivity index (χ4n) is 1.52. The molecule has 1 atom stereocenters. The van der Waals surface area contributed by atoms with Crippen LogP contribution < -0.4 is 11.1 Å². The lowest BCUT2D eigenvalue weighted by molar-refractivity contribution is 0.0242. The molecule has 2 heterocycles. The van der Waals surface area contributed by atoms with Crippen LogP contribution in [-0.4, -0.2) is 20.6 Å². The first-order chi connectivity index (χ1) is 7.59. The summed E-state index contributed by atoms with van der Waals surface area (Å²) in [4.78, 5) is 33.3. The van der Waals surface area contributed by atoms with Crippen LogP contribution in [0.3, 0.4) is 0 Å². The van der Waals surface area contributed by atoms with Gasteiger partial charge in [-0.15, -0.1) is 0 Å². The van der Waals surface area contributed by atoms with Gasteiger partial charge in [-0.05, 0) is 6.08 Å². The number of allylic oxidation sites excluding steroid dienone is 1. The second-order valence-electron chi connectivity index (χ2n) is 3.14. The summed E-state index contributed by atoms with van der Waals surface area (Å²) >= 11 is 0. The Morgan fingerprint density at radius 3 is 2.75 bits per heavy atom. The molecule has 84 valence electrons. The number of fused-ring (bicyclic) bond motifs is 1. The molecule has 1 N–H and O–H groups in total. The van der Waals surface area contributed by atoms with Gasteiger partial charge in [0.2, 0.25) is 6.23 Å². The average Bonchev–Trinajstić information content (AvgIpc) is 2.23. The van der Waals surface area contributed by atoms with Crippen molar-refractivity contribution in [3.05, 3.63) is 45.0 Å². The van der Waals surface area contributed by atoms with Crippen molar-refractivity contribution in [1.82, 2.24) is 9.36 Å². The molecule has 1 aromatic rings. The summed E-state index contributed by atoms with van der Waals surface area (Å²) in [6, 6.07) is 2.21. The third kappa shape index (κ3) is 1.62. The SMILES string of the molecule is O=C(O)OC1C=CCn2c(=O)ccc(=O)n21. The van der Waals surface area contributed by atoms with E-state index in [1.54, 1.807) is 6.08 Å². The molecule has 0 fully saturated rings. The summed E-state index contributed by atoms with van der Waals surface area (Å²) in [5, 5.41) is 8.49. The van der Waals surface area contributed by atoms with Crippen LogP contribution in [0.4, 0.5) is 4.79 Å². The van der Waals surface area contributed by atoms with E-state index in [2.05, 4.69) is 4.74 Å². The molecule has 1 aromatic heterocycles. The van der Waals surface area contributed by atoms with Gasteiger partial charge in [-0.2, -0.15) is 0 Å². The van der Waals surface area contributed by atoms with Gasteiger partial charge in [-0.1, -0.05) is 6.08 Å². The van der Waals surface area contributed by atoms with E-state index in [1.807, 2.05) is 0 Å². The summed E-state index contributed by atoms with van der Waals surface area (Å²) in [5.74, 6) is 0. The molecule has 1 aliphatic heterocycles. The number of nitrogens with zero attached hydrogens (tertiary/aromatic N) is 2. The van der Waals surface area contributed by atoms with Crippen molar-refractivity contribution in [3.63, 3.8) is 0 Å². The molecule has 0 radical (unpaired) electrons. The molecular weight excluding hydrogens is 216 g/mol. The van der Waals surface area contributed by atoms with E-state index in [0.717, 1.165) is 21.5 Å². The van der Waals surface area contributed by atoms with Crippen molar-refractivity contribution in [1.29, 1.82) is 0 Å². The van der Waals surface area contributed by atoms with E-state index in [1.165, 1.54) is 6.08 Å². The lowest BCUT2D eigenvalue weighted by Gasteiger charge is -2.22. The molecule has 7 heteroatoms. The summed E-state index contributed by atoms with van der Waals surface area (Å²) in [7, 11) is 0. The Kier molecular flexibility index (Phi) is 2.35. The molecule has 0 bridgehead atoms. The number of aromatic nitrogens is 2. The number of carboxylic acid groups (broad SMARTS) is 1. The zero-order valence-electron chi connectivity index (χ0n) is 8.07. The third-order valence-corrected chi connectivity index (χ3v) is 2.15. The molecule has 0 aromatic carbocycles. The first-order valence-corrected chi connectivity index (χ1v) is 4.48. The monoisotopic (exact) mass is 224 g/mol. The van der Waals surface area contributed by atoms with Crippen molar-refractivity contribution in [2.45, 2.75) is 12.8 Å². The highest BCUT2D eigenvalue weighted by Gasteiger charge is 2.20. The Morgan fingerprint density at radius 1 is 1.38 bits per heavy atom. The number of ether oxygens (including phenoxy) is 1. The fraction of sp³-hybridized carbons (Fsp3) is 0.222. The Balaban J connectivity index is 2.57. The highest BCUT2D eigenvalue weighted by Crippen LogP contribution is 2.11. The van der Waals surface area contributed by atoms with Crippen LogP contribution in [0.15, 0.2) is 33.9 Å². The quantitative estimate of drug-likeness (QED) is 0.525. The minimum Gasteiger partial charge on any atom is -0.450 e. The number of hydrogen-bond acceptors (Lipinski definition) is 4. The molecule has 0 aliphatic carbocycles. The van der Waals surface area contributed by atoms with Gasteiger partial charge in [0.15, 0.2) is 0 Å². The minimum atomic E-state index is -1.51. The summed E-state index contributed by atoms with van der Waals surface area (Å²) in [6.45, 7) is 0.217. The smallest absolute Gasteiger partial charge is 0.450 e. The molecule has 0 spiro atoms. The normalized spacial score (nSPS) is 17.9. The molecule has 0 amide bonds. The first kappa shape index (κ1) is 10.2. The molecule has 0 saturated carbocycles. The van der Waals surface area contributed by atoms with E-state index < -0.39 is 17.9 Å². The highest BCUT2D eigenvalue weighted by molar-refractivity contribution is 5.57. The standard InChI is InChI=1S/C9H8N2O5/c12-6-3-4-7(13)11-8(16-9(14)15)2-1-5-10(6)11/h1-4,8H,5H2,(H,14,15). The summed E-state index contributed by atoms with van der Waals surface area (Å²) in [6.07, 6.45) is 0.377. The zero-order valence-corrected chi connectivity index (χ0v) is 8.07. The van der Waals surface area contributed by atoms with Gasteiger partial charge in [0.25, 0.3) is 11.1 Å². The largest absolute Gasteiger partial charge is 0.508 e. The van der Waals surface area contributed by atoms with Gasteiger partial charge < -0.3 is 9.84 Å². The predicted octanol–water partition coefficient (Wildman–Crippen LogP) is -0.227. The molecule has 1 unspecified atom stereocenters. The third-order valence-electron chi connectivity index (χ3n) is 2.15. The van der Waals surface area contributed by atoms with Crippen LogP contribution >= 0.6 is 0 Å². The maximum atomic E-state index is 11.5. The zero-order chi connectivity index (χ0) is 11.7.